The molecule has 2 aliphatic heterocycles. The highest BCUT2D eigenvalue weighted by molar-refractivity contribution is 7.17. The summed E-state index contributed by atoms with van der Waals surface area (Å²) in [5.74, 6) is -0.178. The summed E-state index contributed by atoms with van der Waals surface area (Å²) in [7, 11) is 0. The number of thiophene rings is 1. The molecule has 0 saturated heterocycles. The average Bonchev–Trinajstić information content (AvgIpc) is 3.62. The predicted octanol–water partition coefficient (Wildman–Crippen LogP) is 6.03. The smallest absolute Gasteiger partial charge is 0.410 e. The number of hydrogen-bond donors (Lipinski definition) is 2. The number of hydrogen-bond acceptors (Lipinski definition) is 8. The number of amides is 1. The van der Waals surface area contributed by atoms with Gasteiger partial charge >= 0.3 is 12.1 Å². The normalized spacial score (nSPS) is 19.6. The molecule has 2 aromatic heterocycles. The fourth-order valence-corrected chi connectivity index (χ4v) is 6.62. The number of esters is 1. The predicted molar refractivity (Wildman–Crippen MR) is 140 cm³/mol. The lowest BCUT2D eigenvalue weighted by Gasteiger charge is -2.33. The summed E-state index contributed by atoms with van der Waals surface area (Å²) in [6.07, 6.45) is -1.91. The van der Waals surface area contributed by atoms with E-state index in [2.05, 4.69) is 15.7 Å². The number of aromatic nitrogens is 2. The summed E-state index contributed by atoms with van der Waals surface area (Å²) in [4.78, 5) is 27.3. The number of nitrogens with zero attached hydrogens (tertiary/aromatic N) is 2. The first-order valence-electron chi connectivity index (χ1n) is 13.1. The molecule has 0 saturated carbocycles. The Morgan fingerprint density at radius 1 is 1.18 bits per heavy atom. The lowest BCUT2D eigenvalue weighted by Crippen LogP contribution is -2.35. The number of alkyl halides is 3. The third kappa shape index (κ3) is 4.87. The van der Waals surface area contributed by atoms with Crippen molar-refractivity contribution in [1.82, 2.24) is 9.78 Å². The second-order valence-corrected chi connectivity index (χ2v) is 11.4. The molecular formula is C27H27F3N4O5S. The number of nitrogens with one attached hydrogen (secondary N) is 2. The topological polar surface area (TPSA) is 104 Å². The molecule has 3 aliphatic rings. The fraction of sp³-hybridized carbons (Fsp3) is 0.444. The third-order valence-electron chi connectivity index (χ3n) is 7.17. The second kappa shape index (κ2) is 10.0. The molecule has 0 bridgehead atoms. The van der Waals surface area contributed by atoms with Crippen molar-refractivity contribution in [1.29, 1.82) is 0 Å². The molecule has 40 heavy (non-hydrogen) atoms. The van der Waals surface area contributed by atoms with E-state index in [9.17, 15) is 22.8 Å². The Labute approximate surface area is 231 Å². The van der Waals surface area contributed by atoms with Crippen molar-refractivity contribution >= 4 is 34.0 Å². The van der Waals surface area contributed by atoms with Crippen LogP contribution in [-0.2, 0) is 17.6 Å². The van der Waals surface area contributed by atoms with E-state index in [1.165, 1.54) is 17.4 Å². The van der Waals surface area contributed by atoms with Gasteiger partial charge in [-0.1, -0.05) is 6.07 Å². The van der Waals surface area contributed by atoms with E-state index >= 15 is 0 Å². The van der Waals surface area contributed by atoms with E-state index in [0.717, 1.165) is 34.4 Å². The van der Waals surface area contributed by atoms with Crippen molar-refractivity contribution in [3.8, 4) is 11.5 Å². The van der Waals surface area contributed by atoms with Crippen molar-refractivity contribution in [3.63, 3.8) is 0 Å². The lowest BCUT2D eigenvalue weighted by atomic mass is 9.95. The van der Waals surface area contributed by atoms with Gasteiger partial charge < -0.3 is 24.8 Å². The minimum atomic E-state index is -4.61. The zero-order valence-corrected chi connectivity index (χ0v) is 22.6. The van der Waals surface area contributed by atoms with Crippen LogP contribution in [0.25, 0.3) is 0 Å². The van der Waals surface area contributed by atoms with E-state index in [1.807, 2.05) is 0 Å². The minimum absolute atomic E-state index is 0.0530. The van der Waals surface area contributed by atoms with Crippen LogP contribution in [0.15, 0.2) is 24.3 Å². The summed E-state index contributed by atoms with van der Waals surface area (Å²) in [5.41, 5.74) is 1.58. The number of carbonyl (C=O) groups is 2. The zero-order chi connectivity index (χ0) is 28.2. The molecule has 9 nitrogen and oxygen atoms in total. The highest BCUT2D eigenvalue weighted by atomic mass is 32.1. The minimum Gasteiger partial charge on any atom is -0.459 e. The van der Waals surface area contributed by atoms with Gasteiger partial charge in [0.25, 0.3) is 5.91 Å². The Morgan fingerprint density at radius 3 is 2.73 bits per heavy atom. The second-order valence-electron chi connectivity index (χ2n) is 10.3. The standard InChI is InChI=1S/C27H27F3N4O5S/c1-13(2)39-26(36)23-15-5-3-4-6-20(15)40-25(23)32-24(35)17-11-22-31-16(10-21(27(28,29)30)34(22)33-17)14-7-8-18-19(9-14)38-12-37-18/h7-9,11,13,16,21,31H,3-6,10,12H2,1-2H3,(H,32,35). The Morgan fingerprint density at radius 2 is 1.95 bits per heavy atom. The van der Waals surface area contributed by atoms with Crippen LogP contribution in [0, 0.1) is 0 Å². The summed E-state index contributed by atoms with van der Waals surface area (Å²) in [5, 5.41) is 10.2. The number of rotatable bonds is 5. The fourth-order valence-electron chi connectivity index (χ4n) is 5.34. The molecule has 0 spiro atoms. The molecular weight excluding hydrogens is 549 g/mol. The van der Waals surface area contributed by atoms with Gasteiger partial charge in [0.15, 0.2) is 23.2 Å². The average molecular weight is 577 g/mol. The van der Waals surface area contributed by atoms with Crippen LogP contribution < -0.4 is 20.1 Å². The Kier molecular flexibility index (Phi) is 6.64. The van der Waals surface area contributed by atoms with Gasteiger partial charge in [0.05, 0.1) is 17.7 Å². The van der Waals surface area contributed by atoms with Crippen molar-refractivity contribution in [2.45, 2.75) is 70.3 Å². The first kappa shape index (κ1) is 26.5. The largest absolute Gasteiger partial charge is 0.459 e. The molecule has 0 fully saturated rings. The van der Waals surface area contributed by atoms with Gasteiger partial charge in [-0.15, -0.1) is 11.3 Å². The maximum absolute atomic E-state index is 14.2. The van der Waals surface area contributed by atoms with Gasteiger partial charge in [0.1, 0.15) is 10.8 Å². The lowest BCUT2D eigenvalue weighted by molar-refractivity contribution is -0.173. The van der Waals surface area contributed by atoms with Crippen molar-refractivity contribution in [2.24, 2.45) is 0 Å². The van der Waals surface area contributed by atoms with E-state index in [-0.39, 0.29) is 30.8 Å². The van der Waals surface area contributed by atoms with Gasteiger partial charge in [-0.3, -0.25) is 4.79 Å². The van der Waals surface area contributed by atoms with Gasteiger partial charge in [0, 0.05) is 17.4 Å². The molecule has 0 radical (unpaired) electrons. The molecule has 13 heteroatoms. The van der Waals surface area contributed by atoms with Crippen LogP contribution in [0.1, 0.15) is 82.0 Å². The number of anilines is 2. The first-order chi connectivity index (χ1) is 19.1. The van der Waals surface area contributed by atoms with Gasteiger partial charge in [0.2, 0.25) is 6.79 Å². The molecule has 1 amide bonds. The number of ether oxygens (including phenoxy) is 3. The number of benzene rings is 1. The van der Waals surface area contributed by atoms with Crippen LogP contribution in [0.5, 0.6) is 11.5 Å². The van der Waals surface area contributed by atoms with Crippen molar-refractivity contribution in [3.05, 3.63) is 51.5 Å². The maximum Gasteiger partial charge on any atom is 0.410 e. The van der Waals surface area contributed by atoms with Crippen LogP contribution in [-0.4, -0.2) is 40.7 Å². The quantitative estimate of drug-likeness (QED) is 0.358. The summed E-state index contributed by atoms with van der Waals surface area (Å²) in [6.45, 7) is 3.54. The monoisotopic (exact) mass is 576 g/mol. The van der Waals surface area contributed by atoms with Crippen LogP contribution >= 0.6 is 11.3 Å². The molecule has 2 atom stereocenters. The van der Waals surface area contributed by atoms with E-state index in [1.54, 1.807) is 32.0 Å². The van der Waals surface area contributed by atoms with Crippen molar-refractivity contribution in [2.75, 3.05) is 17.4 Å². The zero-order valence-electron chi connectivity index (χ0n) is 21.8. The Balaban J connectivity index is 1.30. The van der Waals surface area contributed by atoms with Crippen LogP contribution in [0.3, 0.4) is 0 Å². The molecule has 6 rings (SSSR count). The SMILES string of the molecule is CC(C)OC(=O)c1c(NC(=O)c2cc3n(n2)C(C(F)(F)F)CC(c2ccc4c(c2)OCO4)N3)sc2c1CCCC2. The number of fused-ring (bicyclic) bond motifs is 3. The van der Waals surface area contributed by atoms with Crippen LogP contribution in [0.2, 0.25) is 0 Å². The Hall–Kier alpha value is -3.74. The highest BCUT2D eigenvalue weighted by Crippen LogP contribution is 2.45. The van der Waals surface area contributed by atoms with E-state index in [0.29, 0.717) is 34.0 Å². The molecule has 4 heterocycles. The van der Waals surface area contributed by atoms with Gasteiger partial charge in [-0.2, -0.15) is 18.3 Å². The molecule has 1 aromatic carbocycles. The summed E-state index contributed by atoms with van der Waals surface area (Å²) in [6, 6.07) is 3.65. The molecule has 212 valence electrons. The number of carbonyl (C=O) groups excluding carboxylic acids is 2. The van der Waals surface area contributed by atoms with Gasteiger partial charge in [-0.25, -0.2) is 9.48 Å². The highest BCUT2D eigenvalue weighted by Gasteiger charge is 2.47. The van der Waals surface area contributed by atoms with E-state index in [4.69, 9.17) is 14.2 Å². The van der Waals surface area contributed by atoms with Gasteiger partial charge in [-0.05, 0) is 62.8 Å². The van der Waals surface area contributed by atoms with Crippen LogP contribution in [0.4, 0.5) is 24.0 Å². The Bertz CT molecular complexity index is 1480. The molecule has 1 aliphatic carbocycles. The molecule has 3 aromatic rings. The summed E-state index contributed by atoms with van der Waals surface area (Å²) < 4.78 is 59.5. The molecule has 2 N–H and O–H groups in total. The number of aryl methyl sites for hydroxylation is 1. The first-order valence-corrected chi connectivity index (χ1v) is 13.9. The summed E-state index contributed by atoms with van der Waals surface area (Å²) >= 11 is 1.30. The van der Waals surface area contributed by atoms with Crippen molar-refractivity contribution < 1.29 is 37.0 Å². The maximum atomic E-state index is 14.2. The molecule has 2 unspecified atom stereocenters. The number of halogens is 3. The van der Waals surface area contributed by atoms with E-state index < -0.39 is 30.1 Å². The third-order valence-corrected chi connectivity index (χ3v) is 8.37.